The molecule has 0 N–H and O–H groups in total. The zero-order chi connectivity index (χ0) is 13.5. The van der Waals surface area contributed by atoms with Crippen LogP contribution in [0.25, 0.3) is 0 Å². The van der Waals surface area contributed by atoms with Crippen LogP contribution in [0.2, 0.25) is 0 Å². The second-order valence-electron chi connectivity index (χ2n) is 3.91. The molecule has 6 heteroatoms. The molecule has 0 saturated heterocycles. The third-order valence-corrected chi connectivity index (χ3v) is 3.50. The summed E-state index contributed by atoms with van der Waals surface area (Å²) < 4.78 is 6.74. The summed E-state index contributed by atoms with van der Waals surface area (Å²) in [6.45, 7) is 3.02. The minimum atomic E-state index is -0.388. The van der Waals surface area contributed by atoms with E-state index in [9.17, 15) is 10.1 Å². The number of benzene rings is 1. The third-order valence-electron chi connectivity index (χ3n) is 2.44. The molecule has 0 spiro atoms. The highest BCUT2D eigenvalue weighted by Gasteiger charge is 2.19. The van der Waals surface area contributed by atoms with E-state index < -0.39 is 0 Å². The van der Waals surface area contributed by atoms with Crippen LogP contribution in [0, 0.1) is 10.1 Å². The largest absolute Gasteiger partial charge is 0.377 e. The number of hydrogen-bond acceptors (Lipinski definition) is 3. The summed E-state index contributed by atoms with van der Waals surface area (Å²) in [5.74, 6) is 0. The number of hydrogen-bond donors (Lipinski definition) is 0. The molecule has 0 atom stereocenters. The Kier molecular flexibility index (Phi) is 6.81. The first-order valence-corrected chi connectivity index (χ1v) is 7.35. The monoisotopic (exact) mass is 379 g/mol. The Bertz CT molecular complexity index is 424. The molecule has 0 unspecified atom stereocenters. The molecular weight excluding hydrogens is 366 g/mol. The van der Waals surface area contributed by atoms with Gasteiger partial charge in [0.15, 0.2) is 0 Å². The molecule has 0 aliphatic carbocycles. The third kappa shape index (κ3) is 4.66. The van der Waals surface area contributed by atoms with Gasteiger partial charge in [-0.2, -0.15) is 0 Å². The summed E-state index contributed by atoms with van der Waals surface area (Å²) in [5, 5.41) is 11.0. The highest BCUT2D eigenvalue weighted by Crippen LogP contribution is 2.32. The highest BCUT2D eigenvalue weighted by molar-refractivity contribution is 9.11. The molecule has 1 aromatic carbocycles. The maximum atomic E-state index is 11.0. The van der Waals surface area contributed by atoms with E-state index in [0.717, 1.165) is 23.7 Å². The first-order valence-electron chi connectivity index (χ1n) is 5.76. The predicted molar refractivity (Wildman–Crippen MR) is 77.7 cm³/mol. The molecule has 18 heavy (non-hydrogen) atoms. The van der Waals surface area contributed by atoms with Gasteiger partial charge in [-0.15, -0.1) is 0 Å². The second kappa shape index (κ2) is 7.86. The summed E-state index contributed by atoms with van der Waals surface area (Å²) in [6.07, 6.45) is 3.23. The molecule has 0 aromatic heterocycles. The average molecular weight is 381 g/mol. The van der Waals surface area contributed by atoms with E-state index >= 15 is 0 Å². The van der Waals surface area contributed by atoms with Crippen LogP contribution in [0.15, 0.2) is 21.1 Å². The van der Waals surface area contributed by atoms with Crippen molar-refractivity contribution in [1.82, 2.24) is 0 Å². The molecule has 0 aliphatic rings. The maximum absolute atomic E-state index is 11.0. The minimum Gasteiger partial charge on any atom is -0.377 e. The summed E-state index contributed by atoms with van der Waals surface area (Å²) >= 11 is 6.53. The van der Waals surface area contributed by atoms with Crippen molar-refractivity contribution in [3.05, 3.63) is 36.8 Å². The zero-order valence-corrected chi connectivity index (χ0v) is 13.3. The molecule has 0 radical (unpaired) electrons. The Balaban J connectivity index is 2.71. The number of halogens is 2. The van der Waals surface area contributed by atoms with E-state index in [1.165, 1.54) is 0 Å². The fourth-order valence-electron chi connectivity index (χ4n) is 1.57. The van der Waals surface area contributed by atoms with E-state index in [-0.39, 0.29) is 17.2 Å². The van der Waals surface area contributed by atoms with Gasteiger partial charge in [-0.1, -0.05) is 35.7 Å². The van der Waals surface area contributed by atoms with E-state index in [0.29, 0.717) is 16.6 Å². The van der Waals surface area contributed by atoms with Crippen molar-refractivity contribution >= 4 is 37.5 Å². The molecule has 0 heterocycles. The average Bonchev–Trinajstić information content (AvgIpc) is 2.27. The lowest BCUT2D eigenvalue weighted by Gasteiger charge is -2.07. The van der Waals surface area contributed by atoms with Gasteiger partial charge in [-0.05, 0) is 34.5 Å². The Labute approximate surface area is 123 Å². The number of nitro groups is 1. The molecule has 0 fully saturated rings. The molecule has 1 rings (SSSR count). The smallest absolute Gasteiger partial charge is 0.289 e. The van der Waals surface area contributed by atoms with Crippen LogP contribution in [-0.2, 0) is 11.3 Å². The number of ether oxygens (including phenoxy) is 1. The number of rotatable bonds is 7. The molecule has 100 valence electrons. The van der Waals surface area contributed by atoms with Crippen LogP contribution < -0.4 is 0 Å². The fraction of sp³-hybridized carbons (Fsp3) is 0.500. The van der Waals surface area contributed by atoms with Crippen molar-refractivity contribution in [2.24, 2.45) is 0 Å². The molecule has 0 saturated carbocycles. The van der Waals surface area contributed by atoms with E-state index in [1.807, 2.05) is 0 Å². The van der Waals surface area contributed by atoms with Gasteiger partial charge in [0.1, 0.15) is 0 Å². The van der Waals surface area contributed by atoms with Crippen LogP contribution in [0.3, 0.4) is 0 Å². The molecule has 0 aliphatic heterocycles. The van der Waals surface area contributed by atoms with Crippen LogP contribution in [0.1, 0.15) is 31.7 Å². The lowest BCUT2D eigenvalue weighted by Crippen LogP contribution is -2.01. The zero-order valence-electron chi connectivity index (χ0n) is 10.1. The van der Waals surface area contributed by atoms with Gasteiger partial charge in [-0.25, -0.2) is 0 Å². The van der Waals surface area contributed by atoms with Gasteiger partial charge >= 0.3 is 0 Å². The minimum absolute atomic E-state index is 0.0775. The van der Waals surface area contributed by atoms with Crippen LogP contribution in [0.4, 0.5) is 5.69 Å². The lowest BCUT2D eigenvalue weighted by atomic mass is 10.2. The Morgan fingerprint density at radius 3 is 2.67 bits per heavy atom. The fourth-order valence-corrected chi connectivity index (χ4v) is 3.03. The van der Waals surface area contributed by atoms with Gasteiger partial charge < -0.3 is 4.74 Å². The Morgan fingerprint density at radius 2 is 2.06 bits per heavy atom. The quantitative estimate of drug-likeness (QED) is 0.386. The van der Waals surface area contributed by atoms with Gasteiger partial charge in [0.25, 0.3) is 5.69 Å². The highest BCUT2D eigenvalue weighted by atomic mass is 79.9. The van der Waals surface area contributed by atoms with Gasteiger partial charge in [0.05, 0.1) is 21.6 Å². The Hall–Kier alpha value is -0.460. The molecule has 0 bridgehead atoms. The SMILES string of the molecule is CCCCCOCc1cc(Br)cc(Br)c1[N+](=O)[O-]. The summed E-state index contributed by atoms with van der Waals surface area (Å²) in [4.78, 5) is 10.6. The number of nitrogens with zero attached hydrogens (tertiary/aromatic N) is 1. The number of unbranched alkanes of at least 4 members (excludes halogenated alkanes) is 2. The van der Waals surface area contributed by atoms with Crippen LogP contribution >= 0.6 is 31.9 Å². The van der Waals surface area contributed by atoms with Crippen molar-refractivity contribution in [2.45, 2.75) is 32.8 Å². The lowest BCUT2D eigenvalue weighted by molar-refractivity contribution is -0.386. The van der Waals surface area contributed by atoms with Crippen molar-refractivity contribution in [3.8, 4) is 0 Å². The van der Waals surface area contributed by atoms with E-state index in [4.69, 9.17) is 4.74 Å². The van der Waals surface area contributed by atoms with Crippen LogP contribution in [-0.4, -0.2) is 11.5 Å². The van der Waals surface area contributed by atoms with Crippen LogP contribution in [0.5, 0.6) is 0 Å². The second-order valence-corrected chi connectivity index (χ2v) is 5.68. The van der Waals surface area contributed by atoms with Crippen molar-refractivity contribution in [2.75, 3.05) is 6.61 Å². The molecule has 1 aromatic rings. The van der Waals surface area contributed by atoms with Gasteiger partial charge in [-0.3, -0.25) is 10.1 Å². The van der Waals surface area contributed by atoms with E-state index in [1.54, 1.807) is 12.1 Å². The number of nitro benzene ring substituents is 1. The van der Waals surface area contributed by atoms with Crippen molar-refractivity contribution in [3.63, 3.8) is 0 Å². The predicted octanol–water partition coefficient (Wildman–Crippen LogP) is 4.83. The topological polar surface area (TPSA) is 52.4 Å². The Morgan fingerprint density at radius 1 is 1.33 bits per heavy atom. The maximum Gasteiger partial charge on any atom is 0.289 e. The first-order chi connectivity index (χ1) is 8.56. The van der Waals surface area contributed by atoms with Gasteiger partial charge in [0.2, 0.25) is 0 Å². The molecular formula is C12H15Br2NO3. The normalized spacial score (nSPS) is 10.6. The van der Waals surface area contributed by atoms with Crippen molar-refractivity contribution in [1.29, 1.82) is 0 Å². The summed E-state index contributed by atoms with van der Waals surface area (Å²) in [6, 6.07) is 3.39. The molecule has 4 nitrogen and oxygen atoms in total. The van der Waals surface area contributed by atoms with E-state index in [2.05, 4.69) is 38.8 Å². The summed E-state index contributed by atoms with van der Waals surface area (Å²) in [5.41, 5.74) is 0.659. The standard InChI is InChI=1S/C12H15Br2NO3/c1-2-3-4-5-18-8-9-6-10(13)7-11(14)12(9)15(16)17/h6-7H,2-5,8H2,1H3. The van der Waals surface area contributed by atoms with Crippen molar-refractivity contribution < 1.29 is 9.66 Å². The molecule has 0 amide bonds. The van der Waals surface area contributed by atoms with Gasteiger partial charge in [0, 0.05) is 11.1 Å². The first kappa shape index (κ1) is 15.6. The summed E-state index contributed by atoms with van der Waals surface area (Å²) in [7, 11) is 0.